The summed E-state index contributed by atoms with van der Waals surface area (Å²) in [6.07, 6.45) is 0. The number of hydrogen-bond donors (Lipinski definition) is 2. The van der Waals surface area contributed by atoms with E-state index in [2.05, 4.69) is 36.6 Å². The lowest BCUT2D eigenvalue weighted by atomic mass is 10.3. The molecule has 0 heterocycles. The molecule has 0 fully saturated rings. The van der Waals surface area contributed by atoms with E-state index in [1.165, 1.54) is 18.2 Å². The Kier molecular flexibility index (Phi) is 4.63. The first-order valence-corrected chi connectivity index (χ1v) is 8.78. The van der Waals surface area contributed by atoms with Crippen LogP contribution in [0.4, 0.5) is 11.4 Å². The Morgan fingerprint density at radius 3 is 2.25 bits per heavy atom. The number of hydrogen-bond acceptors (Lipinski definition) is 3. The molecule has 0 bridgehead atoms. The molecule has 0 atom stereocenters. The number of anilines is 2. The van der Waals surface area contributed by atoms with E-state index in [9.17, 15) is 8.42 Å². The number of benzene rings is 2. The summed E-state index contributed by atoms with van der Waals surface area (Å²) in [5.74, 6) is 0. The highest BCUT2D eigenvalue weighted by molar-refractivity contribution is 9.11. The lowest BCUT2D eigenvalue weighted by Crippen LogP contribution is -2.14. The maximum atomic E-state index is 12.3. The smallest absolute Gasteiger partial charge is 0.262 e. The van der Waals surface area contributed by atoms with Crippen molar-refractivity contribution in [1.29, 1.82) is 0 Å². The van der Waals surface area contributed by atoms with E-state index < -0.39 is 10.0 Å². The zero-order chi connectivity index (χ0) is 14.9. The van der Waals surface area contributed by atoms with Crippen LogP contribution in [0.25, 0.3) is 0 Å². The maximum absolute atomic E-state index is 12.3. The van der Waals surface area contributed by atoms with Crippen LogP contribution in [0.5, 0.6) is 0 Å². The van der Waals surface area contributed by atoms with Gasteiger partial charge in [-0.05, 0) is 62.2 Å². The fourth-order valence-corrected chi connectivity index (χ4v) is 4.19. The number of nitrogen functional groups attached to an aromatic ring is 1. The van der Waals surface area contributed by atoms with Crippen LogP contribution >= 0.6 is 43.5 Å². The number of para-hydroxylation sites is 1. The van der Waals surface area contributed by atoms with Gasteiger partial charge in [0.1, 0.15) is 0 Å². The zero-order valence-electron chi connectivity index (χ0n) is 9.90. The molecular formula is C12H9Br2ClN2O2S. The molecule has 0 amide bonds. The lowest BCUT2D eigenvalue weighted by Gasteiger charge is -2.12. The van der Waals surface area contributed by atoms with Crippen LogP contribution in [0.1, 0.15) is 0 Å². The van der Waals surface area contributed by atoms with Gasteiger partial charge in [-0.2, -0.15) is 0 Å². The summed E-state index contributed by atoms with van der Waals surface area (Å²) in [5, 5.41) is 0.311. The molecule has 0 aliphatic heterocycles. The van der Waals surface area contributed by atoms with Crippen LogP contribution in [-0.2, 0) is 10.0 Å². The summed E-state index contributed by atoms with van der Waals surface area (Å²) >= 11 is 12.4. The number of halogens is 3. The third-order valence-corrected chi connectivity index (χ3v) is 5.49. The minimum atomic E-state index is -3.75. The van der Waals surface area contributed by atoms with Crippen LogP contribution in [0.3, 0.4) is 0 Å². The first kappa shape index (κ1) is 15.6. The Labute approximate surface area is 138 Å². The quantitative estimate of drug-likeness (QED) is 0.701. The van der Waals surface area contributed by atoms with Crippen molar-refractivity contribution in [2.45, 2.75) is 4.90 Å². The monoisotopic (exact) mass is 438 g/mol. The Morgan fingerprint density at radius 2 is 1.70 bits per heavy atom. The molecule has 106 valence electrons. The molecule has 0 aromatic heterocycles. The van der Waals surface area contributed by atoms with Gasteiger partial charge in [-0.1, -0.05) is 17.7 Å². The predicted octanol–water partition coefficient (Wildman–Crippen LogP) is 4.25. The minimum Gasteiger partial charge on any atom is -0.397 e. The van der Waals surface area contributed by atoms with Gasteiger partial charge in [0.05, 0.1) is 21.3 Å². The highest BCUT2D eigenvalue weighted by atomic mass is 79.9. The summed E-state index contributed by atoms with van der Waals surface area (Å²) in [4.78, 5) is 0.0436. The Bertz CT molecular complexity index is 746. The van der Waals surface area contributed by atoms with Crippen molar-refractivity contribution in [3.8, 4) is 0 Å². The summed E-state index contributed by atoms with van der Waals surface area (Å²) in [5.41, 5.74) is 6.25. The van der Waals surface area contributed by atoms with E-state index in [0.717, 1.165) is 0 Å². The molecule has 0 aliphatic rings. The number of rotatable bonds is 3. The van der Waals surface area contributed by atoms with Crippen LogP contribution in [0, 0.1) is 0 Å². The van der Waals surface area contributed by atoms with Crippen molar-refractivity contribution in [1.82, 2.24) is 0 Å². The van der Waals surface area contributed by atoms with Gasteiger partial charge < -0.3 is 5.73 Å². The standard InChI is InChI=1S/C12H9Br2ClN2O2S/c13-8-2-1-3-9(14)12(8)17-20(18,19)7-4-5-10(15)11(16)6-7/h1-6,17H,16H2. The molecule has 8 heteroatoms. The SMILES string of the molecule is Nc1cc(S(=O)(=O)Nc2c(Br)cccc2Br)ccc1Cl. The van der Waals surface area contributed by atoms with E-state index >= 15 is 0 Å². The average molecular weight is 441 g/mol. The number of nitrogens with one attached hydrogen (secondary N) is 1. The maximum Gasteiger partial charge on any atom is 0.262 e. The van der Waals surface area contributed by atoms with E-state index in [1.54, 1.807) is 18.2 Å². The van der Waals surface area contributed by atoms with Crippen LogP contribution in [0.15, 0.2) is 50.2 Å². The Balaban J connectivity index is 2.43. The number of nitrogens with two attached hydrogens (primary N) is 1. The fraction of sp³-hybridized carbons (Fsp3) is 0. The Hall–Kier alpha value is -0.760. The van der Waals surface area contributed by atoms with Crippen LogP contribution in [0.2, 0.25) is 5.02 Å². The first-order chi connectivity index (χ1) is 9.31. The van der Waals surface area contributed by atoms with E-state index in [1.807, 2.05) is 0 Å². The molecule has 0 saturated carbocycles. The predicted molar refractivity (Wildman–Crippen MR) is 88.5 cm³/mol. The summed E-state index contributed by atoms with van der Waals surface area (Å²) in [6.45, 7) is 0. The molecule has 0 aliphatic carbocycles. The summed E-state index contributed by atoms with van der Waals surface area (Å²) in [6, 6.07) is 9.41. The van der Waals surface area contributed by atoms with Crippen molar-refractivity contribution in [3.05, 3.63) is 50.4 Å². The highest BCUT2D eigenvalue weighted by Crippen LogP contribution is 2.33. The minimum absolute atomic E-state index is 0.0436. The van der Waals surface area contributed by atoms with Gasteiger partial charge in [-0.3, -0.25) is 4.72 Å². The van der Waals surface area contributed by atoms with Gasteiger partial charge in [-0.25, -0.2) is 8.42 Å². The first-order valence-electron chi connectivity index (χ1n) is 5.33. The van der Waals surface area contributed by atoms with Gasteiger partial charge in [0.25, 0.3) is 10.0 Å². The lowest BCUT2D eigenvalue weighted by molar-refractivity contribution is 0.601. The molecule has 4 nitrogen and oxygen atoms in total. The van der Waals surface area contributed by atoms with E-state index in [-0.39, 0.29) is 10.6 Å². The Morgan fingerprint density at radius 1 is 1.10 bits per heavy atom. The van der Waals surface area contributed by atoms with Gasteiger partial charge in [0.2, 0.25) is 0 Å². The van der Waals surface area contributed by atoms with Crippen molar-refractivity contribution < 1.29 is 8.42 Å². The second-order valence-corrected chi connectivity index (χ2v) is 7.68. The third kappa shape index (κ3) is 3.28. The molecule has 3 N–H and O–H groups in total. The van der Waals surface area contributed by atoms with Gasteiger partial charge >= 0.3 is 0 Å². The third-order valence-electron chi connectivity index (χ3n) is 2.48. The largest absolute Gasteiger partial charge is 0.397 e. The van der Waals surface area contributed by atoms with Gasteiger partial charge in [0.15, 0.2) is 0 Å². The molecule has 0 spiro atoms. The molecular weight excluding hydrogens is 431 g/mol. The van der Waals surface area contributed by atoms with Crippen LogP contribution < -0.4 is 10.5 Å². The second kappa shape index (κ2) is 5.93. The van der Waals surface area contributed by atoms with Crippen LogP contribution in [-0.4, -0.2) is 8.42 Å². The molecule has 2 aromatic rings. The van der Waals surface area contributed by atoms with Crippen molar-refractivity contribution in [2.24, 2.45) is 0 Å². The molecule has 20 heavy (non-hydrogen) atoms. The topological polar surface area (TPSA) is 72.2 Å². The molecule has 0 radical (unpaired) electrons. The van der Waals surface area contributed by atoms with Crippen molar-refractivity contribution in [3.63, 3.8) is 0 Å². The molecule has 2 rings (SSSR count). The fourth-order valence-electron chi connectivity index (χ4n) is 1.48. The number of sulfonamides is 1. The van der Waals surface area contributed by atoms with E-state index in [0.29, 0.717) is 19.7 Å². The normalized spacial score (nSPS) is 11.3. The molecule has 2 aromatic carbocycles. The van der Waals surface area contributed by atoms with E-state index in [4.69, 9.17) is 17.3 Å². The highest BCUT2D eigenvalue weighted by Gasteiger charge is 2.18. The summed E-state index contributed by atoms with van der Waals surface area (Å²) in [7, 11) is -3.75. The molecule has 0 unspecified atom stereocenters. The zero-order valence-corrected chi connectivity index (χ0v) is 14.6. The summed E-state index contributed by atoms with van der Waals surface area (Å²) < 4.78 is 28.4. The average Bonchev–Trinajstić information content (AvgIpc) is 2.37. The van der Waals surface area contributed by atoms with Crippen molar-refractivity contribution in [2.75, 3.05) is 10.5 Å². The second-order valence-electron chi connectivity index (χ2n) is 3.89. The van der Waals surface area contributed by atoms with Gasteiger partial charge in [-0.15, -0.1) is 0 Å². The molecule has 0 saturated heterocycles. The van der Waals surface area contributed by atoms with Gasteiger partial charge in [0, 0.05) is 8.95 Å². The van der Waals surface area contributed by atoms with Crippen molar-refractivity contribution >= 4 is 64.9 Å².